The molecule has 2 aromatic carbocycles. The summed E-state index contributed by atoms with van der Waals surface area (Å²) in [7, 11) is 6.36. The van der Waals surface area contributed by atoms with E-state index in [9.17, 15) is 4.79 Å². The fraction of sp³-hybridized carbons (Fsp3) is 0.182. The van der Waals surface area contributed by atoms with Crippen LogP contribution in [-0.2, 0) is 7.05 Å². The Morgan fingerprint density at radius 3 is 2.39 bits per heavy atom. The molecule has 0 aliphatic rings. The van der Waals surface area contributed by atoms with Gasteiger partial charge in [-0.3, -0.25) is 9.48 Å². The number of methoxy groups -OCH3 is 3. The minimum Gasteiger partial charge on any atom is -0.496 e. The van der Waals surface area contributed by atoms with E-state index < -0.39 is 5.91 Å². The number of benzene rings is 2. The highest BCUT2D eigenvalue weighted by molar-refractivity contribution is 6.04. The fourth-order valence-electron chi connectivity index (χ4n) is 3.10. The van der Waals surface area contributed by atoms with Crippen LogP contribution in [0.1, 0.15) is 10.6 Å². The number of anilines is 1. The summed E-state index contributed by atoms with van der Waals surface area (Å²) in [5.74, 6) is 1.63. The van der Waals surface area contributed by atoms with E-state index in [0.29, 0.717) is 28.7 Å². The molecule has 0 radical (unpaired) electrons. The Balaban J connectivity index is 1.54. The number of ether oxygens (including phenoxy) is 4. The fourth-order valence-corrected chi connectivity index (χ4v) is 3.10. The first kappa shape index (κ1) is 20.1. The summed E-state index contributed by atoms with van der Waals surface area (Å²) in [6.45, 7) is 0. The molecule has 9 nitrogen and oxygen atoms in total. The van der Waals surface area contributed by atoms with Crippen molar-refractivity contribution >= 4 is 22.5 Å². The Labute approximate surface area is 178 Å². The summed E-state index contributed by atoms with van der Waals surface area (Å²) in [6, 6.07) is 11.9. The van der Waals surface area contributed by atoms with Gasteiger partial charge in [-0.05, 0) is 18.2 Å². The van der Waals surface area contributed by atoms with Gasteiger partial charge in [-0.2, -0.15) is 5.10 Å². The highest BCUT2D eigenvalue weighted by atomic mass is 16.6. The van der Waals surface area contributed by atoms with Gasteiger partial charge >= 0.3 is 0 Å². The Morgan fingerprint density at radius 1 is 0.968 bits per heavy atom. The second-order valence-corrected chi connectivity index (χ2v) is 6.57. The molecule has 160 valence electrons. The van der Waals surface area contributed by atoms with E-state index >= 15 is 0 Å². The van der Waals surface area contributed by atoms with Crippen molar-refractivity contribution < 1.29 is 28.2 Å². The van der Waals surface area contributed by atoms with Crippen LogP contribution in [0.15, 0.2) is 53.1 Å². The van der Waals surface area contributed by atoms with Gasteiger partial charge in [-0.15, -0.1) is 0 Å². The van der Waals surface area contributed by atoms with Gasteiger partial charge in [0.05, 0.1) is 33.0 Å². The lowest BCUT2D eigenvalue weighted by Crippen LogP contribution is -2.13. The number of furan rings is 1. The molecule has 2 heterocycles. The maximum Gasteiger partial charge on any atom is 0.291 e. The molecule has 0 atom stereocenters. The summed E-state index contributed by atoms with van der Waals surface area (Å²) >= 11 is 0. The standard InChI is InChI=1S/C22H21N3O6/c1-25-16-9-14(6-5-13(16)12-23-25)30-20-8-7-17(31-20)22(26)24-21-18(28-3)10-15(27-2)11-19(21)29-4/h5-12H,1-4H3,(H,24,26). The maximum absolute atomic E-state index is 12.7. The first-order chi connectivity index (χ1) is 15.0. The first-order valence-corrected chi connectivity index (χ1v) is 9.33. The highest BCUT2D eigenvalue weighted by Crippen LogP contribution is 2.39. The molecular weight excluding hydrogens is 402 g/mol. The van der Waals surface area contributed by atoms with E-state index in [-0.39, 0.29) is 11.7 Å². The summed E-state index contributed by atoms with van der Waals surface area (Å²) in [4.78, 5) is 12.7. The van der Waals surface area contributed by atoms with Crippen molar-refractivity contribution in [1.82, 2.24) is 9.78 Å². The second kappa shape index (κ2) is 8.31. The number of carbonyl (C=O) groups is 1. The van der Waals surface area contributed by atoms with Gasteiger partial charge in [0.1, 0.15) is 28.7 Å². The number of fused-ring (bicyclic) bond motifs is 1. The molecule has 0 aliphatic carbocycles. The van der Waals surface area contributed by atoms with Crippen LogP contribution in [0.2, 0.25) is 0 Å². The zero-order valence-electron chi connectivity index (χ0n) is 17.5. The Bertz CT molecular complexity index is 1220. The molecule has 0 saturated heterocycles. The number of carbonyl (C=O) groups excluding carboxylic acids is 1. The lowest BCUT2D eigenvalue weighted by molar-refractivity contribution is 0.0991. The molecule has 0 saturated carbocycles. The molecule has 4 aromatic rings. The van der Waals surface area contributed by atoms with Crippen LogP contribution in [0.25, 0.3) is 10.9 Å². The topological polar surface area (TPSA) is 97.0 Å². The van der Waals surface area contributed by atoms with E-state index in [1.54, 1.807) is 35.1 Å². The minimum atomic E-state index is -0.487. The van der Waals surface area contributed by atoms with Crippen molar-refractivity contribution in [3.05, 3.63) is 54.4 Å². The monoisotopic (exact) mass is 423 g/mol. The molecule has 0 bridgehead atoms. The van der Waals surface area contributed by atoms with Crippen LogP contribution in [0.5, 0.6) is 28.9 Å². The number of rotatable bonds is 7. The van der Waals surface area contributed by atoms with Crippen molar-refractivity contribution in [2.24, 2.45) is 7.05 Å². The van der Waals surface area contributed by atoms with E-state index in [4.69, 9.17) is 23.4 Å². The van der Waals surface area contributed by atoms with Crippen LogP contribution < -0.4 is 24.3 Å². The van der Waals surface area contributed by atoms with Gasteiger partial charge in [0.25, 0.3) is 11.9 Å². The van der Waals surface area contributed by atoms with Crippen LogP contribution in [-0.4, -0.2) is 37.0 Å². The smallest absolute Gasteiger partial charge is 0.291 e. The largest absolute Gasteiger partial charge is 0.496 e. The molecular formula is C22H21N3O6. The van der Waals surface area contributed by atoms with Crippen LogP contribution in [0.3, 0.4) is 0 Å². The summed E-state index contributed by atoms with van der Waals surface area (Å²) in [5.41, 5.74) is 1.28. The van der Waals surface area contributed by atoms with Gasteiger partial charge in [0.15, 0.2) is 5.76 Å². The molecule has 1 N–H and O–H groups in total. The quantitative estimate of drug-likeness (QED) is 0.475. The molecule has 0 spiro atoms. The normalized spacial score (nSPS) is 10.7. The number of amides is 1. The predicted molar refractivity (Wildman–Crippen MR) is 114 cm³/mol. The Hall–Kier alpha value is -4.14. The number of nitrogens with zero attached hydrogens (tertiary/aromatic N) is 2. The molecule has 9 heteroatoms. The number of nitrogens with one attached hydrogen (secondary N) is 1. The van der Waals surface area contributed by atoms with Crippen LogP contribution >= 0.6 is 0 Å². The third-order valence-corrected chi connectivity index (χ3v) is 4.70. The number of aryl methyl sites for hydroxylation is 1. The molecule has 0 aliphatic heterocycles. The van der Waals surface area contributed by atoms with E-state index in [1.807, 2.05) is 19.2 Å². The number of hydrogen-bond donors (Lipinski definition) is 1. The third-order valence-electron chi connectivity index (χ3n) is 4.70. The Kier molecular flexibility index (Phi) is 5.40. The molecule has 4 rings (SSSR count). The zero-order valence-corrected chi connectivity index (χ0v) is 17.5. The predicted octanol–water partition coefficient (Wildman–Crippen LogP) is 4.24. The van der Waals surface area contributed by atoms with Crippen LogP contribution in [0.4, 0.5) is 5.69 Å². The molecule has 1 amide bonds. The lowest BCUT2D eigenvalue weighted by Gasteiger charge is -2.15. The highest BCUT2D eigenvalue weighted by Gasteiger charge is 2.19. The molecule has 2 aromatic heterocycles. The summed E-state index contributed by atoms with van der Waals surface area (Å²) < 4.78 is 29.0. The SMILES string of the molecule is COc1cc(OC)c(NC(=O)c2ccc(Oc3ccc4cnn(C)c4c3)o2)c(OC)c1. The van der Waals surface area contributed by atoms with Gasteiger partial charge in [-0.25, -0.2) is 0 Å². The van der Waals surface area contributed by atoms with Crippen molar-refractivity contribution in [3.8, 4) is 28.9 Å². The number of aromatic nitrogens is 2. The number of hydrogen-bond acceptors (Lipinski definition) is 7. The van der Waals surface area contributed by atoms with Crippen molar-refractivity contribution in [3.63, 3.8) is 0 Å². The molecule has 31 heavy (non-hydrogen) atoms. The molecule has 0 fully saturated rings. The lowest BCUT2D eigenvalue weighted by atomic mass is 10.2. The molecule has 0 unspecified atom stereocenters. The minimum absolute atomic E-state index is 0.0662. The Morgan fingerprint density at radius 2 is 1.71 bits per heavy atom. The van der Waals surface area contributed by atoms with Crippen molar-refractivity contribution in [2.45, 2.75) is 0 Å². The van der Waals surface area contributed by atoms with Crippen molar-refractivity contribution in [1.29, 1.82) is 0 Å². The van der Waals surface area contributed by atoms with Crippen LogP contribution in [0, 0.1) is 0 Å². The van der Waals surface area contributed by atoms with E-state index in [1.165, 1.54) is 27.4 Å². The maximum atomic E-state index is 12.7. The van der Waals surface area contributed by atoms with E-state index in [2.05, 4.69) is 10.4 Å². The third kappa shape index (κ3) is 3.97. The average Bonchev–Trinajstić information content (AvgIpc) is 3.40. The zero-order chi connectivity index (χ0) is 22.0. The first-order valence-electron chi connectivity index (χ1n) is 9.33. The van der Waals surface area contributed by atoms with Gasteiger partial charge in [0, 0.05) is 36.7 Å². The summed E-state index contributed by atoms with van der Waals surface area (Å²) in [6.07, 6.45) is 1.77. The second-order valence-electron chi connectivity index (χ2n) is 6.57. The van der Waals surface area contributed by atoms with Gasteiger partial charge in [-0.1, -0.05) is 0 Å². The average molecular weight is 423 g/mol. The summed E-state index contributed by atoms with van der Waals surface area (Å²) in [5, 5.41) is 7.95. The van der Waals surface area contributed by atoms with E-state index in [0.717, 1.165) is 10.9 Å². The van der Waals surface area contributed by atoms with Crippen molar-refractivity contribution in [2.75, 3.05) is 26.6 Å². The van der Waals surface area contributed by atoms with Gasteiger partial charge in [0.2, 0.25) is 0 Å². The van der Waals surface area contributed by atoms with Gasteiger partial charge < -0.3 is 28.7 Å².